The van der Waals surface area contributed by atoms with Gasteiger partial charge in [0.25, 0.3) is 0 Å². The summed E-state index contributed by atoms with van der Waals surface area (Å²) in [5, 5.41) is 9.55. The average Bonchev–Trinajstić information content (AvgIpc) is 2.29. The Hall–Kier alpha value is -1.48. The molecule has 0 saturated carbocycles. The van der Waals surface area contributed by atoms with E-state index in [1.165, 1.54) is 0 Å². The van der Waals surface area contributed by atoms with E-state index in [0.29, 0.717) is 5.75 Å². The van der Waals surface area contributed by atoms with E-state index >= 15 is 0 Å². The van der Waals surface area contributed by atoms with Gasteiger partial charge in [-0.05, 0) is 24.3 Å². The first-order chi connectivity index (χ1) is 7.36. The van der Waals surface area contributed by atoms with Crippen molar-refractivity contribution in [2.75, 3.05) is 0 Å². The maximum atomic E-state index is 9.55. The number of nitrogens with zero attached hydrogens (tertiary/aromatic N) is 1. The quantitative estimate of drug-likeness (QED) is 0.802. The average molecular weight is 217 g/mol. The standard InChI is InChI=1S/C12H11NOS/c14-11-6-1-2-7-12(11)15-9-10-5-3-4-8-13-10/h1-8,14H,9H2. The lowest BCUT2D eigenvalue weighted by atomic mass is 10.3. The first kappa shape index (κ1) is 10.1. The van der Waals surface area contributed by atoms with Crippen LogP contribution < -0.4 is 0 Å². The van der Waals surface area contributed by atoms with E-state index in [4.69, 9.17) is 0 Å². The molecule has 1 aromatic carbocycles. The lowest BCUT2D eigenvalue weighted by Gasteiger charge is -2.02. The Labute approximate surface area is 93.0 Å². The van der Waals surface area contributed by atoms with Gasteiger partial charge in [-0.2, -0.15) is 0 Å². The molecule has 0 aliphatic rings. The topological polar surface area (TPSA) is 33.1 Å². The Morgan fingerprint density at radius 3 is 2.60 bits per heavy atom. The molecular formula is C12H11NOS. The van der Waals surface area contributed by atoms with E-state index in [2.05, 4.69) is 4.98 Å². The minimum atomic E-state index is 0.332. The second kappa shape index (κ2) is 4.84. The van der Waals surface area contributed by atoms with Crippen LogP contribution in [0, 0.1) is 0 Å². The molecule has 1 N–H and O–H groups in total. The fourth-order valence-electron chi connectivity index (χ4n) is 1.21. The maximum absolute atomic E-state index is 9.55. The maximum Gasteiger partial charge on any atom is 0.129 e. The highest BCUT2D eigenvalue weighted by Gasteiger charge is 2.00. The number of rotatable bonds is 3. The second-order valence-electron chi connectivity index (χ2n) is 3.08. The van der Waals surface area contributed by atoms with E-state index in [1.807, 2.05) is 36.4 Å². The van der Waals surface area contributed by atoms with Gasteiger partial charge in [0.2, 0.25) is 0 Å². The molecule has 15 heavy (non-hydrogen) atoms. The van der Waals surface area contributed by atoms with Crippen molar-refractivity contribution in [1.82, 2.24) is 4.98 Å². The van der Waals surface area contributed by atoms with Crippen molar-refractivity contribution < 1.29 is 5.11 Å². The largest absolute Gasteiger partial charge is 0.507 e. The molecule has 1 aromatic heterocycles. The molecule has 0 bridgehead atoms. The van der Waals surface area contributed by atoms with E-state index in [9.17, 15) is 5.11 Å². The molecule has 0 aliphatic heterocycles. The van der Waals surface area contributed by atoms with Crippen LogP contribution in [0.2, 0.25) is 0 Å². The second-order valence-corrected chi connectivity index (χ2v) is 4.09. The molecule has 0 unspecified atom stereocenters. The van der Waals surface area contributed by atoms with Crippen molar-refractivity contribution in [3.05, 3.63) is 54.4 Å². The molecule has 0 fully saturated rings. The molecule has 3 heteroatoms. The predicted octanol–water partition coefficient (Wildman–Crippen LogP) is 3.08. The van der Waals surface area contributed by atoms with Crippen molar-refractivity contribution in [3.8, 4) is 5.75 Å². The molecule has 1 heterocycles. The van der Waals surface area contributed by atoms with Crippen LogP contribution in [0.4, 0.5) is 0 Å². The van der Waals surface area contributed by atoms with Gasteiger partial charge in [-0.25, -0.2) is 0 Å². The van der Waals surface area contributed by atoms with Crippen LogP contribution in [0.15, 0.2) is 53.6 Å². The third-order valence-electron chi connectivity index (χ3n) is 1.97. The number of aromatic hydroxyl groups is 1. The Morgan fingerprint density at radius 1 is 1.07 bits per heavy atom. The fraction of sp³-hybridized carbons (Fsp3) is 0.0833. The third kappa shape index (κ3) is 2.73. The molecule has 0 spiro atoms. The third-order valence-corrected chi connectivity index (χ3v) is 3.06. The summed E-state index contributed by atoms with van der Waals surface area (Å²) in [4.78, 5) is 5.11. The minimum absolute atomic E-state index is 0.332. The van der Waals surface area contributed by atoms with Gasteiger partial charge in [-0.3, -0.25) is 4.98 Å². The van der Waals surface area contributed by atoms with Gasteiger partial charge in [0.05, 0.1) is 5.69 Å². The van der Waals surface area contributed by atoms with Gasteiger partial charge in [-0.15, -0.1) is 11.8 Å². The van der Waals surface area contributed by atoms with E-state index < -0.39 is 0 Å². The number of hydrogen-bond donors (Lipinski definition) is 1. The minimum Gasteiger partial charge on any atom is -0.507 e. The SMILES string of the molecule is Oc1ccccc1SCc1ccccn1. The highest BCUT2D eigenvalue weighted by Crippen LogP contribution is 2.29. The van der Waals surface area contributed by atoms with Crippen LogP contribution in [0.5, 0.6) is 5.75 Å². The number of pyridine rings is 1. The van der Waals surface area contributed by atoms with Crippen molar-refractivity contribution in [2.24, 2.45) is 0 Å². The highest BCUT2D eigenvalue weighted by molar-refractivity contribution is 7.98. The van der Waals surface area contributed by atoms with Crippen LogP contribution in [0.25, 0.3) is 0 Å². The molecular weight excluding hydrogens is 206 g/mol. The molecule has 2 rings (SSSR count). The number of phenolic OH excluding ortho intramolecular Hbond substituents is 1. The zero-order chi connectivity index (χ0) is 10.5. The summed E-state index contributed by atoms with van der Waals surface area (Å²) in [6.45, 7) is 0. The summed E-state index contributed by atoms with van der Waals surface area (Å²) in [6.07, 6.45) is 1.78. The smallest absolute Gasteiger partial charge is 0.129 e. The van der Waals surface area contributed by atoms with E-state index in [-0.39, 0.29) is 0 Å². The number of aromatic nitrogens is 1. The van der Waals surface area contributed by atoms with Crippen molar-refractivity contribution in [3.63, 3.8) is 0 Å². The van der Waals surface area contributed by atoms with Crippen LogP contribution >= 0.6 is 11.8 Å². The fourth-order valence-corrected chi connectivity index (χ4v) is 2.08. The van der Waals surface area contributed by atoms with Crippen LogP contribution in [-0.2, 0) is 5.75 Å². The van der Waals surface area contributed by atoms with Gasteiger partial charge in [0.15, 0.2) is 0 Å². The summed E-state index contributed by atoms with van der Waals surface area (Å²) >= 11 is 1.59. The molecule has 0 radical (unpaired) electrons. The number of thioether (sulfide) groups is 1. The molecule has 2 aromatic rings. The summed E-state index contributed by atoms with van der Waals surface area (Å²) in [7, 11) is 0. The lowest BCUT2D eigenvalue weighted by molar-refractivity contribution is 0.462. The summed E-state index contributed by atoms with van der Waals surface area (Å²) in [5.74, 6) is 1.11. The van der Waals surface area contributed by atoms with Crippen molar-refractivity contribution in [2.45, 2.75) is 10.6 Å². The Bertz CT molecular complexity index is 431. The van der Waals surface area contributed by atoms with Gasteiger partial charge in [-0.1, -0.05) is 18.2 Å². The summed E-state index contributed by atoms with van der Waals surface area (Å²) in [6, 6.07) is 13.2. The molecule has 0 saturated heterocycles. The monoisotopic (exact) mass is 217 g/mol. The van der Waals surface area contributed by atoms with Crippen molar-refractivity contribution >= 4 is 11.8 Å². The van der Waals surface area contributed by atoms with Gasteiger partial charge >= 0.3 is 0 Å². The van der Waals surface area contributed by atoms with Crippen LogP contribution in [-0.4, -0.2) is 10.1 Å². The first-order valence-electron chi connectivity index (χ1n) is 4.67. The zero-order valence-corrected chi connectivity index (χ0v) is 8.95. The summed E-state index contributed by atoms with van der Waals surface area (Å²) < 4.78 is 0. The Balaban J connectivity index is 2.03. The van der Waals surface area contributed by atoms with Gasteiger partial charge < -0.3 is 5.11 Å². The summed E-state index contributed by atoms with van der Waals surface area (Å²) in [5.41, 5.74) is 1.02. The van der Waals surface area contributed by atoms with E-state index in [0.717, 1.165) is 16.3 Å². The molecule has 0 amide bonds. The highest BCUT2D eigenvalue weighted by atomic mass is 32.2. The van der Waals surface area contributed by atoms with Gasteiger partial charge in [0, 0.05) is 16.8 Å². The Morgan fingerprint density at radius 2 is 1.87 bits per heavy atom. The normalized spacial score (nSPS) is 10.1. The predicted molar refractivity (Wildman–Crippen MR) is 61.9 cm³/mol. The van der Waals surface area contributed by atoms with Crippen LogP contribution in [0.3, 0.4) is 0 Å². The number of benzene rings is 1. The van der Waals surface area contributed by atoms with Gasteiger partial charge in [0.1, 0.15) is 5.75 Å². The molecule has 0 atom stereocenters. The zero-order valence-electron chi connectivity index (χ0n) is 8.13. The van der Waals surface area contributed by atoms with E-state index in [1.54, 1.807) is 24.0 Å². The van der Waals surface area contributed by atoms with Crippen LogP contribution in [0.1, 0.15) is 5.69 Å². The Kier molecular flexibility index (Phi) is 3.25. The lowest BCUT2D eigenvalue weighted by Crippen LogP contribution is -1.84. The first-order valence-corrected chi connectivity index (χ1v) is 5.65. The molecule has 2 nitrogen and oxygen atoms in total. The molecule has 0 aliphatic carbocycles. The molecule has 76 valence electrons. The number of para-hydroxylation sites is 1. The van der Waals surface area contributed by atoms with Crippen molar-refractivity contribution in [1.29, 1.82) is 0 Å². The number of phenols is 1. The number of hydrogen-bond acceptors (Lipinski definition) is 3.